The SMILES string of the molecule is Cc1cccc(C)c1C1CCN(Cc2c(C(=O)N3CCN(c4ccccc4F)CC3)[nH]c3ccccc23)CC1. The van der Waals surface area contributed by atoms with Gasteiger partial charge < -0.3 is 14.8 Å². The average molecular weight is 525 g/mol. The van der Waals surface area contributed by atoms with E-state index in [2.05, 4.69) is 54.1 Å². The molecule has 39 heavy (non-hydrogen) atoms. The lowest BCUT2D eigenvalue weighted by molar-refractivity contribution is 0.0739. The Hall–Kier alpha value is -3.64. The number of aromatic nitrogens is 1. The van der Waals surface area contributed by atoms with E-state index in [0.29, 0.717) is 43.5 Å². The van der Waals surface area contributed by atoms with E-state index in [-0.39, 0.29) is 11.7 Å². The molecular formula is C33H37FN4O. The van der Waals surface area contributed by atoms with Gasteiger partial charge in [-0.2, -0.15) is 0 Å². The maximum Gasteiger partial charge on any atom is 0.270 e. The topological polar surface area (TPSA) is 42.6 Å². The lowest BCUT2D eigenvalue weighted by Gasteiger charge is -2.36. The third kappa shape index (κ3) is 5.06. The zero-order chi connectivity index (χ0) is 26.9. The van der Waals surface area contributed by atoms with Crippen LogP contribution in [0.15, 0.2) is 66.7 Å². The number of amides is 1. The number of piperazine rings is 1. The summed E-state index contributed by atoms with van der Waals surface area (Å²) in [5, 5.41) is 1.13. The molecule has 1 N–H and O–H groups in total. The molecule has 0 saturated carbocycles. The van der Waals surface area contributed by atoms with E-state index in [1.54, 1.807) is 6.07 Å². The number of piperidine rings is 1. The van der Waals surface area contributed by atoms with E-state index in [9.17, 15) is 9.18 Å². The molecule has 0 unspecified atom stereocenters. The molecule has 3 heterocycles. The maximum atomic E-state index is 14.3. The molecule has 4 aromatic rings. The van der Waals surface area contributed by atoms with E-state index < -0.39 is 0 Å². The maximum absolute atomic E-state index is 14.3. The van der Waals surface area contributed by atoms with E-state index >= 15 is 0 Å². The van der Waals surface area contributed by atoms with Gasteiger partial charge in [0.15, 0.2) is 0 Å². The zero-order valence-corrected chi connectivity index (χ0v) is 22.9. The molecule has 0 spiro atoms. The molecule has 0 bridgehead atoms. The number of rotatable bonds is 5. The summed E-state index contributed by atoms with van der Waals surface area (Å²) in [6.07, 6.45) is 2.27. The third-order valence-electron chi connectivity index (χ3n) is 8.71. The Morgan fingerprint density at radius 3 is 2.23 bits per heavy atom. The highest BCUT2D eigenvalue weighted by molar-refractivity contribution is 6.01. The first-order valence-corrected chi connectivity index (χ1v) is 14.2. The first-order valence-electron chi connectivity index (χ1n) is 14.2. The van der Waals surface area contributed by atoms with Gasteiger partial charge in [-0.05, 0) is 80.6 Å². The average Bonchev–Trinajstić information content (AvgIpc) is 3.32. The smallest absolute Gasteiger partial charge is 0.270 e. The number of para-hydroxylation sites is 2. The highest BCUT2D eigenvalue weighted by atomic mass is 19.1. The Morgan fingerprint density at radius 2 is 1.51 bits per heavy atom. The summed E-state index contributed by atoms with van der Waals surface area (Å²) in [5.74, 6) is 0.425. The monoisotopic (exact) mass is 524 g/mol. The Balaban J connectivity index is 1.17. The minimum atomic E-state index is -0.212. The van der Waals surface area contributed by atoms with Gasteiger partial charge >= 0.3 is 0 Å². The van der Waals surface area contributed by atoms with Gasteiger partial charge in [0.1, 0.15) is 11.5 Å². The van der Waals surface area contributed by atoms with Crippen LogP contribution in [0.1, 0.15) is 51.5 Å². The lowest BCUT2D eigenvalue weighted by atomic mass is 9.84. The summed E-state index contributed by atoms with van der Waals surface area (Å²) in [4.78, 5) is 23.8. The summed E-state index contributed by atoms with van der Waals surface area (Å²) in [7, 11) is 0. The van der Waals surface area contributed by atoms with Gasteiger partial charge in [-0.25, -0.2) is 4.39 Å². The summed E-state index contributed by atoms with van der Waals surface area (Å²) in [5.41, 5.74) is 7.73. The number of nitrogens with zero attached hydrogens (tertiary/aromatic N) is 3. The number of benzene rings is 3. The fourth-order valence-electron chi connectivity index (χ4n) is 6.64. The van der Waals surface area contributed by atoms with Gasteiger partial charge in [-0.1, -0.05) is 48.5 Å². The van der Waals surface area contributed by atoms with Crippen molar-refractivity contribution < 1.29 is 9.18 Å². The summed E-state index contributed by atoms with van der Waals surface area (Å²) < 4.78 is 14.3. The highest BCUT2D eigenvalue weighted by Gasteiger charge is 2.29. The summed E-state index contributed by atoms with van der Waals surface area (Å²) >= 11 is 0. The number of aryl methyl sites for hydroxylation is 2. The predicted octanol–water partition coefficient (Wildman–Crippen LogP) is 6.27. The number of carbonyl (C=O) groups is 1. The van der Waals surface area contributed by atoms with E-state index in [4.69, 9.17) is 0 Å². The number of anilines is 1. The molecular weight excluding hydrogens is 487 g/mol. The summed E-state index contributed by atoms with van der Waals surface area (Å²) in [6, 6.07) is 21.7. The fourth-order valence-corrected chi connectivity index (χ4v) is 6.64. The van der Waals surface area contributed by atoms with Gasteiger partial charge in [0, 0.05) is 49.2 Å². The number of aromatic amines is 1. The quantitative estimate of drug-likeness (QED) is 0.335. The van der Waals surface area contributed by atoms with Gasteiger partial charge in [0.25, 0.3) is 5.91 Å². The first kappa shape index (κ1) is 25.6. The predicted molar refractivity (Wildman–Crippen MR) is 156 cm³/mol. The number of nitrogens with one attached hydrogen (secondary N) is 1. The Bertz CT molecular complexity index is 1460. The van der Waals surface area contributed by atoms with Crippen LogP contribution in [-0.4, -0.2) is 60.0 Å². The molecule has 2 aliphatic heterocycles. The number of halogens is 1. The number of H-pyrrole nitrogens is 1. The molecule has 0 atom stereocenters. The molecule has 5 nitrogen and oxygen atoms in total. The largest absolute Gasteiger partial charge is 0.366 e. The van der Waals surface area contributed by atoms with Crippen molar-refractivity contribution in [2.24, 2.45) is 0 Å². The van der Waals surface area contributed by atoms with Gasteiger partial charge in [-0.3, -0.25) is 9.69 Å². The third-order valence-corrected chi connectivity index (χ3v) is 8.71. The highest BCUT2D eigenvalue weighted by Crippen LogP contribution is 2.34. The number of carbonyl (C=O) groups excluding carboxylic acids is 1. The molecule has 6 heteroatoms. The van der Waals surface area contributed by atoms with Crippen molar-refractivity contribution in [2.75, 3.05) is 44.2 Å². The first-order chi connectivity index (χ1) is 19.0. The molecule has 3 aromatic carbocycles. The van der Waals surface area contributed by atoms with Crippen LogP contribution in [0.5, 0.6) is 0 Å². The van der Waals surface area contributed by atoms with Crippen molar-refractivity contribution >= 4 is 22.5 Å². The Morgan fingerprint density at radius 1 is 0.846 bits per heavy atom. The van der Waals surface area contributed by atoms with E-state index in [1.165, 1.54) is 22.8 Å². The van der Waals surface area contributed by atoms with Crippen LogP contribution in [0.2, 0.25) is 0 Å². The Kier molecular flexibility index (Phi) is 7.13. The Labute approximate surface area is 230 Å². The van der Waals surface area contributed by atoms with Crippen molar-refractivity contribution in [2.45, 2.75) is 39.2 Å². The number of hydrogen-bond acceptors (Lipinski definition) is 3. The second-order valence-electron chi connectivity index (χ2n) is 11.1. The van der Waals surface area contributed by atoms with E-state index in [0.717, 1.165) is 48.9 Å². The number of fused-ring (bicyclic) bond motifs is 1. The molecule has 1 amide bonds. The van der Waals surface area contributed by atoms with Crippen molar-refractivity contribution in [3.05, 3.63) is 100 Å². The zero-order valence-electron chi connectivity index (χ0n) is 22.9. The molecule has 2 aliphatic rings. The van der Waals surface area contributed by atoms with Crippen molar-refractivity contribution in [3.63, 3.8) is 0 Å². The van der Waals surface area contributed by atoms with Crippen molar-refractivity contribution in [1.29, 1.82) is 0 Å². The van der Waals surface area contributed by atoms with Gasteiger partial charge in [-0.15, -0.1) is 0 Å². The molecule has 2 fully saturated rings. The van der Waals surface area contributed by atoms with Gasteiger partial charge in [0.05, 0.1) is 5.69 Å². The second kappa shape index (κ2) is 10.9. The van der Waals surface area contributed by atoms with Gasteiger partial charge in [0.2, 0.25) is 0 Å². The number of hydrogen-bond donors (Lipinski definition) is 1. The molecule has 0 radical (unpaired) electrons. The minimum Gasteiger partial charge on any atom is -0.366 e. The lowest BCUT2D eigenvalue weighted by Crippen LogP contribution is -2.49. The summed E-state index contributed by atoms with van der Waals surface area (Å²) in [6.45, 7) is 9.65. The fraction of sp³-hybridized carbons (Fsp3) is 0.364. The minimum absolute atomic E-state index is 0.0415. The van der Waals surface area contributed by atoms with Crippen LogP contribution in [0.4, 0.5) is 10.1 Å². The molecule has 2 saturated heterocycles. The van der Waals surface area contributed by atoms with Crippen LogP contribution in [0.25, 0.3) is 10.9 Å². The second-order valence-corrected chi connectivity index (χ2v) is 11.1. The van der Waals surface area contributed by atoms with Crippen LogP contribution in [0, 0.1) is 19.7 Å². The van der Waals surface area contributed by atoms with Crippen LogP contribution in [-0.2, 0) is 6.54 Å². The van der Waals surface area contributed by atoms with Crippen LogP contribution < -0.4 is 4.90 Å². The van der Waals surface area contributed by atoms with Crippen LogP contribution >= 0.6 is 0 Å². The molecule has 0 aliphatic carbocycles. The molecule has 1 aromatic heterocycles. The standard InChI is InChI=1S/C33H37FN4O/c1-23-8-7-9-24(2)31(23)25-14-16-36(17-15-25)22-27-26-10-3-5-12-29(26)35-32(27)33(39)38-20-18-37(19-21-38)30-13-6-4-11-28(30)34/h3-13,25,35H,14-22H2,1-2H3. The van der Waals surface area contributed by atoms with Crippen molar-refractivity contribution in [1.82, 2.24) is 14.8 Å². The van der Waals surface area contributed by atoms with Crippen LogP contribution in [0.3, 0.4) is 0 Å². The van der Waals surface area contributed by atoms with Crippen molar-refractivity contribution in [3.8, 4) is 0 Å². The normalized spacial score (nSPS) is 17.2. The molecule has 202 valence electrons. The molecule has 6 rings (SSSR count). The van der Waals surface area contributed by atoms with E-state index in [1.807, 2.05) is 34.1 Å². The number of likely N-dealkylation sites (tertiary alicyclic amines) is 1.